The molecular weight excluding hydrogens is 304 g/mol. The van der Waals surface area contributed by atoms with E-state index >= 15 is 0 Å². The van der Waals surface area contributed by atoms with Crippen molar-refractivity contribution in [2.45, 2.75) is 57.1 Å². The summed E-state index contributed by atoms with van der Waals surface area (Å²) in [6.45, 7) is 1.64. The SMILES string of the molecule is COc1ccc2c(c1NC(=O)N1CCC[C@H]1[C@@H]1CCCO1)CCC2. The number of benzene rings is 1. The monoisotopic (exact) mass is 330 g/mol. The minimum absolute atomic E-state index is 0.00778. The van der Waals surface area contributed by atoms with E-state index in [1.54, 1.807) is 7.11 Å². The Morgan fingerprint density at radius 3 is 2.96 bits per heavy atom. The number of aryl methyl sites for hydroxylation is 1. The fourth-order valence-corrected chi connectivity index (χ4v) is 4.47. The molecule has 1 aromatic rings. The molecule has 0 aromatic heterocycles. The van der Waals surface area contributed by atoms with Crippen molar-refractivity contribution < 1.29 is 14.3 Å². The van der Waals surface area contributed by atoms with E-state index in [9.17, 15) is 4.79 Å². The molecule has 2 aliphatic heterocycles. The van der Waals surface area contributed by atoms with Crippen LogP contribution in [0.2, 0.25) is 0 Å². The lowest BCUT2D eigenvalue weighted by Crippen LogP contribution is -2.44. The van der Waals surface area contributed by atoms with E-state index in [0.717, 1.165) is 69.5 Å². The zero-order valence-corrected chi connectivity index (χ0v) is 14.3. The standard InChI is InChI=1S/C19H26N2O3/c1-23-17-10-9-13-5-2-6-14(13)18(17)20-19(22)21-11-3-7-15(21)16-8-4-12-24-16/h9-10,15-16H,2-8,11-12H2,1H3,(H,20,22)/t15-,16-/m0/s1. The van der Waals surface area contributed by atoms with Gasteiger partial charge in [0.25, 0.3) is 0 Å². The molecule has 0 unspecified atom stereocenters. The molecule has 0 saturated carbocycles. The molecule has 130 valence electrons. The Bertz CT molecular complexity index is 625. The molecule has 0 radical (unpaired) electrons. The normalized spacial score (nSPS) is 25.8. The van der Waals surface area contributed by atoms with Crippen LogP contribution in [-0.2, 0) is 17.6 Å². The minimum Gasteiger partial charge on any atom is -0.495 e. The van der Waals surface area contributed by atoms with Gasteiger partial charge in [0.2, 0.25) is 0 Å². The van der Waals surface area contributed by atoms with Crippen LogP contribution in [0.5, 0.6) is 5.75 Å². The topological polar surface area (TPSA) is 50.8 Å². The Kier molecular flexibility index (Phi) is 4.35. The Balaban J connectivity index is 1.55. The lowest BCUT2D eigenvalue weighted by atomic mass is 10.1. The highest BCUT2D eigenvalue weighted by Crippen LogP contribution is 2.37. The van der Waals surface area contributed by atoms with Crippen LogP contribution in [0.25, 0.3) is 0 Å². The summed E-state index contributed by atoms with van der Waals surface area (Å²) in [6.07, 6.45) is 7.73. The number of hydrogen-bond donors (Lipinski definition) is 1. The van der Waals surface area contributed by atoms with Crippen LogP contribution >= 0.6 is 0 Å². The van der Waals surface area contributed by atoms with Crippen LogP contribution in [0, 0.1) is 0 Å². The van der Waals surface area contributed by atoms with Crippen LogP contribution in [-0.4, -0.2) is 43.3 Å². The number of amides is 2. The van der Waals surface area contributed by atoms with Crippen molar-refractivity contribution >= 4 is 11.7 Å². The van der Waals surface area contributed by atoms with Crippen LogP contribution in [0.1, 0.15) is 43.2 Å². The minimum atomic E-state index is -0.00778. The summed E-state index contributed by atoms with van der Waals surface area (Å²) < 4.78 is 11.3. The first-order chi connectivity index (χ1) is 11.8. The highest BCUT2D eigenvalue weighted by Gasteiger charge is 2.37. The Labute approximate surface area is 143 Å². The fourth-order valence-electron chi connectivity index (χ4n) is 4.47. The fraction of sp³-hybridized carbons (Fsp3) is 0.632. The number of carbonyl (C=O) groups is 1. The molecule has 5 heteroatoms. The van der Waals surface area contributed by atoms with E-state index in [-0.39, 0.29) is 18.2 Å². The van der Waals surface area contributed by atoms with Crippen molar-refractivity contribution in [2.75, 3.05) is 25.6 Å². The average molecular weight is 330 g/mol. The van der Waals surface area contributed by atoms with Gasteiger partial charge in [-0.2, -0.15) is 0 Å². The van der Waals surface area contributed by atoms with Gasteiger partial charge in [-0.15, -0.1) is 0 Å². The summed E-state index contributed by atoms with van der Waals surface area (Å²) in [6, 6.07) is 4.31. The van der Waals surface area contributed by atoms with E-state index in [1.165, 1.54) is 11.1 Å². The van der Waals surface area contributed by atoms with E-state index in [0.29, 0.717) is 0 Å². The highest BCUT2D eigenvalue weighted by atomic mass is 16.5. The highest BCUT2D eigenvalue weighted by molar-refractivity contribution is 5.93. The molecule has 1 N–H and O–H groups in total. The molecule has 24 heavy (non-hydrogen) atoms. The number of rotatable bonds is 3. The maximum absolute atomic E-state index is 13.0. The summed E-state index contributed by atoms with van der Waals surface area (Å²) in [5, 5.41) is 3.16. The van der Waals surface area contributed by atoms with Gasteiger partial charge in [0.1, 0.15) is 5.75 Å². The molecule has 2 saturated heterocycles. The smallest absolute Gasteiger partial charge is 0.322 e. The van der Waals surface area contributed by atoms with Gasteiger partial charge in [0, 0.05) is 13.2 Å². The summed E-state index contributed by atoms with van der Waals surface area (Å²) in [4.78, 5) is 14.9. The van der Waals surface area contributed by atoms with Crippen LogP contribution < -0.4 is 10.1 Å². The number of ether oxygens (including phenoxy) is 2. The second-order valence-corrected chi connectivity index (χ2v) is 7.02. The van der Waals surface area contributed by atoms with Gasteiger partial charge < -0.3 is 19.7 Å². The van der Waals surface area contributed by atoms with E-state index in [2.05, 4.69) is 11.4 Å². The maximum atomic E-state index is 13.0. The van der Waals surface area contributed by atoms with Gasteiger partial charge in [-0.3, -0.25) is 0 Å². The second kappa shape index (κ2) is 6.63. The molecule has 2 fully saturated rings. The summed E-state index contributed by atoms with van der Waals surface area (Å²) in [7, 11) is 1.66. The number of nitrogens with one attached hydrogen (secondary N) is 1. The molecule has 4 rings (SSSR count). The predicted molar refractivity (Wildman–Crippen MR) is 92.7 cm³/mol. The van der Waals surface area contributed by atoms with Crippen molar-refractivity contribution in [3.05, 3.63) is 23.3 Å². The van der Waals surface area contributed by atoms with Crippen LogP contribution in [0.3, 0.4) is 0 Å². The molecule has 0 spiro atoms. The molecule has 1 aromatic carbocycles. The van der Waals surface area contributed by atoms with Crippen molar-refractivity contribution in [1.29, 1.82) is 0 Å². The zero-order valence-electron chi connectivity index (χ0n) is 14.3. The number of anilines is 1. The second-order valence-electron chi connectivity index (χ2n) is 7.02. The van der Waals surface area contributed by atoms with Gasteiger partial charge in [0.05, 0.1) is 24.9 Å². The number of methoxy groups -OCH3 is 1. The molecule has 2 atom stereocenters. The number of likely N-dealkylation sites (tertiary alicyclic amines) is 1. The maximum Gasteiger partial charge on any atom is 0.322 e. The predicted octanol–water partition coefficient (Wildman–Crippen LogP) is 3.36. The molecule has 2 heterocycles. The summed E-state index contributed by atoms with van der Waals surface area (Å²) in [5.41, 5.74) is 3.45. The Hall–Kier alpha value is -1.75. The van der Waals surface area contributed by atoms with Crippen molar-refractivity contribution in [3.8, 4) is 5.75 Å². The van der Waals surface area contributed by atoms with Crippen LogP contribution in [0.15, 0.2) is 12.1 Å². The lowest BCUT2D eigenvalue weighted by molar-refractivity contribution is 0.0543. The average Bonchev–Trinajstić information content (AvgIpc) is 3.33. The van der Waals surface area contributed by atoms with Crippen molar-refractivity contribution in [1.82, 2.24) is 4.90 Å². The van der Waals surface area contributed by atoms with Crippen LogP contribution in [0.4, 0.5) is 10.5 Å². The summed E-state index contributed by atoms with van der Waals surface area (Å²) in [5.74, 6) is 0.761. The van der Waals surface area contributed by atoms with Gasteiger partial charge in [-0.25, -0.2) is 4.79 Å². The molecule has 1 aliphatic carbocycles. The van der Waals surface area contributed by atoms with Crippen molar-refractivity contribution in [2.24, 2.45) is 0 Å². The third-order valence-electron chi connectivity index (χ3n) is 5.65. The van der Waals surface area contributed by atoms with Crippen molar-refractivity contribution in [3.63, 3.8) is 0 Å². The lowest BCUT2D eigenvalue weighted by Gasteiger charge is -2.29. The van der Waals surface area contributed by atoms with Gasteiger partial charge in [-0.05, 0) is 62.1 Å². The molecule has 2 amide bonds. The number of nitrogens with zero attached hydrogens (tertiary/aromatic N) is 1. The largest absolute Gasteiger partial charge is 0.495 e. The first-order valence-corrected chi connectivity index (χ1v) is 9.16. The molecule has 5 nitrogen and oxygen atoms in total. The van der Waals surface area contributed by atoms with Gasteiger partial charge in [-0.1, -0.05) is 6.07 Å². The zero-order chi connectivity index (χ0) is 16.5. The summed E-state index contributed by atoms with van der Waals surface area (Å²) >= 11 is 0. The first-order valence-electron chi connectivity index (χ1n) is 9.16. The Morgan fingerprint density at radius 2 is 2.17 bits per heavy atom. The first kappa shape index (κ1) is 15.8. The quantitative estimate of drug-likeness (QED) is 0.924. The Morgan fingerprint density at radius 1 is 1.25 bits per heavy atom. The van der Waals surface area contributed by atoms with E-state index < -0.39 is 0 Å². The molecular formula is C19H26N2O3. The molecule has 3 aliphatic rings. The number of hydrogen-bond acceptors (Lipinski definition) is 3. The third kappa shape index (κ3) is 2.75. The van der Waals surface area contributed by atoms with E-state index in [1.807, 2.05) is 11.0 Å². The number of carbonyl (C=O) groups excluding carboxylic acids is 1. The number of fused-ring (bicyclic) bond motifs is 1. The molecule has 0 bridgehead atoms. The van der Waals surface area contributed by atoms with Gasteiger partial charge >= 0.3 is 6.03 Å². The van der Waals surface area contributed by atoms with E-state index in [4.69, 9.17) is 9.47 Å². The number of urea groups is 1. The van der Waals surface area contributed by atoms with Gasteiger partial charge in [0.15, 0.2) is 0 Å². The third-order valence-corrected chi connectivity index (χ3v) is 5.65.